The molecular weight excluding hydrogens is 480 g/mol. The fourth-order valence-electron chi connectivity index (χ4n) is 3.27. The number of nitrogens with one attached hydrogen (secondary N) is 1. The van der Waals surface area contributed by atoms with Gasteiger partial charge in [0.25, 0.3) is 0 Å². The topological polar surface area (TPSA) is 98.5 Å². The van der Waals surface area contributed by atoms with Crippen molar-refractivity contribution in [2.45, 2.75) is 9.79 Å². The molecule has 33 heavy (non-hydrogen) atoms. The van der Waals surface area contributed by atoms with Crippen LogP contribution in [0.25, 0.3) is 0 Å². The molecule has 4 rings (SSSR count). The van der Waals surface area contributed by atoms with Gasteiger partial charge in [-0.2, -0.15) is 0 Å². The molecule has 0 saturated heterocycles. The van der Waals surface area contributed by atoms with Crippen molar-refractivity contribution in [3.05, 3.63) is 94.3 Å². The van der Waals surface area contributed by atoms with Gasteiger partial charge in [-0.05, 0) is 36.4 Å². The van der Waals surface area contributed by atoms with Crippen molar-refractivity contribution >= 4 is 54.9 Å². The van der Waals surface area contributed by atoms with Crippen LogP contribution in [0.3, 0.4) is 0 Å². The van der Waals surface area contributed by atoms with E-state index in [4.69, 9.17) is 22.1 Å². The molecule has 0 radical (unpaired) electrons. The molecular formula is C24H19ClN2O4S2. The number of para-hydroxylation sites is 2. The van der Waals surface area contributed by atoms with Gasteiger partial charge < -0.3 is 15.8 Å². The highest BCUT2D eigenvalue weighted by atomic mass is 35.5. The molecule has 3 N–H and O–H groups in total. The molecule has 1 aromatic heterocycles. The summed E-state index contributed by atoms with van der Waals surface area (Å²) in [7, 11) is -2.57. The first-order valence-electron chi connectivity index (χ1n) is 9.75. The number of hydrogen-bond acceptors (Lipinski definition) is 7. The van der Waals surface area contributed by atoms with Crippen LogP contribution in [0.1, 0.15) is 15.2 Å². The molecule has 0 saturated carbocycles. The number of ketones is 1. The van der Waals surface area contributed by atoms with Gasteiger partial charge in [0.05, 0.1) is 23.4 Å². The lowest BCUT2D eigenvalue weighted by molar-refractivity contribution is 0.104. The quantitative estimate of drug-likeness (QED) is 0.312. The first-order valence-corrected chi connectivity index (χ1v) is 12.4. The van der Waals surface area contributed by atoms with Crippen LogP contribution in [-0.2, 0) is 9.84 Å². The molecule has 0 fully saturated rings. The molecule has 4 aromatic rings. The Bertz CT molecular complexity index is 1420. The Morgan fingerprint density at radius 2 is 1.61 bits per heavy atom. The van der Waals surface area contributed by atoms with Gasteiger partial charge in [0.2, 0.25) is 15.6 Å². The summed E-state index contributed by atoms with van der Waals surface area (Å²) >= 11 is 6.92. The smallest absolute Gasteiger partial charge is 0.211 e. The summed E-state index contributed by atoms with van der Waals surface area (Å²) in [4.78, 5) is 13.2. The average Bonchev–Trinajstić information content (AvgIpc) is 3.16. The van der Waals surface area contributed by atoms with E-state index in [1.165, 1.54) is 31.4 Å². The number of sulfone groups is 1. The maximum absolute atomic E-state index is 13.6. The van der Waals surface area contributed by atoms with Crippen molar-refractivity contribution in [1.82, 2.24) is 0 Å². The minimum Gasteiger partial charge on any atom is -0.495 e. The van der Waals surface area contributed by atoms with Gasteiger partial charge in [-0.3, -0.25) is 4.79 Å². The van der Waals surface area contributed by atoms with E-state index >= 15 is 0 Å². The SMILES string of the molecule is COc1ccccc1Nc1sc(C(=O)c2ccccc2)c(N)c1S(=O)(=O)c1ccc(Cl)cc1. The molecule has 0 bridgehead atoms. The van der Waals surface area contributed by atoms with Crippen LogP contribution in [0.5, 0.6) is 5.75 Å². The van der Waals surface area contributed by atoms with Gasteiger partial charge in [0.15, 0.2) is 0 Å². The lowest BCUT2D eigenvalue weighted by Gasteiger charge is -2.12. The molecule has 9 heteroatoms. The normalized spacial score (nSPS) is 11.2. The Morgan fingerprint density at radius 1 is 0.970 bits per heavy atom. The molecule has 3 aromatic carbocycles. The molecule has 0 spiro atoms. The van der Waals surface area contributed by atoms with Crippen LogP contribution in [0.2, 0.25) is 5.02 Å². The second-order valence-electron chi connectivity index (χ2n) is 6.98. The molecule has 1 heterocycles. The summed E-state index contributed by atoms with van der Waals surface area (Å²) in [5.41, 5.74) is 7.16. The number of benzene rings is 3. The summed E-state index contributed by atoms with van der Waals surface area (Å²) in [5.74, 6) is 0.147. The van der Waals surface area contributed by atoms with E-state index in [-0.39, 0.29) is 31.1 Å². The molecule has 0 atom stereocenters. The number of methoxy groups -OCH3 is 1. The number of nitrogen functional groups attached to an aromatic ring is 1. The predicted molar refractivity (Wildman–Crippen MR) is 132 cm³/mol. The maximum Gasteiger partial charge on any atom is 0.211 e. The average molecular weight is 499 g/mol. The number of thiophene rings is 1. The number of ether oxygens (including phenoxy) is 1. The van der Waals surface area contributed by atoms with E-state index in [9.17, 15) is 13.2 Å². The maximum atomic E-state index is 13.6. The summed E-state index contributed by atoms with van der Waals surface area (Å²) in [6.07, 6.45) is 0. The van der Waals surface area contributed by atoms with Gasteiger partial charge >= 0.3 is 0 Å². The van der Waals surface area contributed by atoms with Crippen molar-refractivity contribution in [3.8, 4) is 5.75 Å². The molecule has 0 aliphatic rings. The summed E-state index contributed by atoms with van der Waals surface area (Å²) in [6.45, 7) is 0. The highest BCUT2D eigenvalue weighted by Gasteiger charge is 2.32. The Kier molecular flexibility index (Phi) is 6.42. The number of carbonyl (C=O) groups excluding carboxylic acids is 1. The standard InChI is InChI=1S/C24H19ClN2O4S2/c1-31-19-10-6-5-9-18(19)27-24-23(33(29,30)17-13-11-16(25)12-14-17)20(26)22(32-24)21(28)15-7-3-2-4-8-15/h2-14,27H,26H2,1H3. The van der Waals surface area contributed by atoms with Crippen molar-refractivity contribution in [2.24, 2.45) is 0 Å². The zero-order chi connectivity index (χ0) is 23.6. The van der Waals surface area contributed by atoms with E-state index in [2.05, 4.69) is 5.32 Å². The third-order valence-electron chi connectivity index (χ3n) is 4.89. The van der Waals surface area contributed by atoms with Crippen LogP contribution in [0.15, 0.2) is 88.7 Å². The molecule has 0 amide bonds. The number of hydrogen-bond donors (Lipinski definition) is 2. The number of anilines is 3. The molecule has 0 aliphatic carbocycles. The van der Waals surface area contributed by atoms with Crippen molar-refractivity contribution in [3.63, 3.8) is 0 Å². The minimum atomic E-state index is -4.08. The minimum absolute atomic E-state index is 0.0122. The van der Waals surface area contributed by atoms with Gasteiger partial charge in [0, 0.05) is 10.6 Å². The summed E-state index contributed by atoms with van der Waals surface area (Å²) in [6, 6.07) is 21.4. The van der Waals surface area contributed by atoms with Crippen LogP contribution in [0.4, 0.5) is 16.4 Å². The Hall–Kier alpha value is -3.33. The number of carbonyl (C=O) groups is 1. The molecule has 6 nitrogen and oxygen atoms in total. The van der Waals surface area contributed by atoms with Crippen molar-refractivity contribution in [2.75, 3.05) is 18.2 Å². The predicted octanol–water partition coefficient (Wildman–Crippen LogP) is 5.80. The zero-order valence-electron chi connectivity index (χ0n) is 17.4. The lowest BCUT2D eigenvalue weighted by Crippen LogP contribution is -2.08. The van der Waals surface area contributed by atoms with Crippen LogP contribution < -0.4 is 15.8 Å². The monoisotopic (exact) mass is 498 g/mol. The third kappa shape index (κ3) is 4.45. The Labute approximate surface area is 200 Å². The number of rotatable bonds is 7. The molecule has 0 aliphatic heterocycles. The molecule has 0 unspecified atom stereocenters. The fourth-order valence-corrected chi connectivity index (χ4v) is 6.32. The van der Waals surface area contributed by atoms with Crippen molar-refractivity contribution < 1.29 is 17.9 Å². The van der Waals surface area contributed by atoms with Crippen LogP contribution in [-0.4, -0.2) is 21.3 Å². The zero-order valence-corrected chi connectivity index (χ0v) is 19.8. The number of halogens is 1. The summed E-state index contributed by atoms with van der Waals surface area (Å²) in [5, 5.41) is 3.72. The first-order chi connectivity index (χ1) is 15.8. The van der Waals surface area contributed by atoms with Gasteiger partial charge in [0.1, 0.15) is 20.5 Å². The lowest BCUT2D eigenvalue weighted by atomic mass is 10.1. The number of nitrogens with two attached hydrogens (primary N) is 1. The van der Waals surface area contributed by atoms with Gasteiger partial charge in [-0.1, -0.05) is 54.1 Å². The molecule has 168 valence electrons. The highest BCUT2D eigenvalue weighted by molar-refractivity contribution is 7.92. The van der Waals surface area contributed by atoms with Gasteiger partial charge in [-0.15, -0.1) is 11.3 Å². The Balaban J connectivity index is 1.90. The van der Waals surface area contributed by atoms with Gasteiger partial charge in [-0.25, -0.2) is 8.42 Å². The van der Waals surface area contributed by atoms with Crippen LogP contribution >= 0.6 is 22.9 Å². The second kappa shape index (κ2) is 9.27. The van der Waals surface area contributed by atoms with Crippen LogP contribution in [0, 0.1) is 0 Å². The second-order valence-corrected chi connectivity index (χ2v) is 10.3. The van der Waals surface area contributed by atoms with E-state index in [1.807, 2.05) is 0 Å². The Morgan fingerprint density at radius 3 is 2.27 bits per heavy atom. The highest BCUT2D eigenvalue weighted by Crippen LogP contribution is 2.45. The van der Waals surface area contributed by atoms with Crippen molar-refractivity contribution in [1.29, 1.82) is 0 Å². The summed E-state index contributed by atoms with van der Waals surface area (Å²) < 4.78 is 32.6. The van der Waals surface area contributed by atoms with E-state index in [1.54, 1.807) is 54.6 Å². The van der Waals surface area contributed by atoms with E-state index in [0.717, 1.165) is 11.3 Å². The fraction of sp³-hybridized carbons (Fsp3) is 0.0417. The largest absolute Gasteiger partial charge is 0.495 e. The van der Waals surface area contributed by atoms with E-state index < -0.39 is 9.84 Å². The first kappa shape index (κ1) is 22.8. The van der Waals surface area contributed by atoms with E-state index in [0.29, 0.717) is 22.0 Å². The third-order valence-corrected chi connectivity index (χ3v) is 8.24.